The molecule has 0 aliphatic carbocycles. The molecule has 2 fully saturated rings. The van der Waals surface area contributed by atoms with E-state index in [2.05, 4.69) is 11.0 Å². The molecule has 3 atom stereocenters. The summed E-state index contributed by atoms with van der Waals surface area (Å²) in [4.78, 5) is 14.7. The second kappa shape index (κ2) is 3.95. The molecule has 3 nitrogen and oxygen atoms in total. The van der Waals surface area contributed by atoms with Crippen molar-refractivity contribution in [1.29, 1.82) is 0 Å². The van der Waals surface area contributed by atoms with Gasteiger partial charge in [0.15, 0.2) is 0 Å². The number of nitrogens with zero attached hydrogens (tertiary/aromatic N) is 2. The van der Waals surface area contributed by atoms with Crippen molar-refractivity contribution in [2.75, 3.05) is 13.1 Å². The van der Waals surface area contributed by atoms with Gasteiger partial charge in [0.1, 0.15) is 0 Å². The molecule has 96 valence electrons. The van der Waals surface area contributed by atoms with Gasteiger partial charge >= 0.3 is 0 Å². The van der Waals surface area contributed by atoms with Crippen LogP contribution in [0.1, 0.15) is 37.3 Å². The molecule has 1 aromatic rings. The first-order valence-electron chi connectivity index (χ1n) is 7.27. The molecule has 2 bridgehead atoms. The average molecular weight is 244 g/mol. The normalized spacial score (nSPS) is 34.8. The maximum atomic E-state index is 12.0. The van der Waals surface area contributed by atoms with Gasteiger partial charge in [-0.1, -0.05) is 12.5 Å². The maximum Gasteiger partial charge on any atom is 0.250 e. The van der Waals surface area contributed by atoms with E-state index in [-0.39, 0.29) is 5.56 Å². The molecular formula is C15H20N2O. The molecule has 3 heteroatoms. The van der Waals surface area contributed by atoms with Crippen molar-refractivity contribution in [2.45, 2.75) is 44.2 Å². The summed E-state index contributed by atoms with van der Waals surface area (Å²) in [6.45, 7) is 3.39. The predicted octanol–water partition coefficient (Wildman–Crippen LogP) is 1.82. The lowest BCUT2D eigenvalue weighted by Crippen LogP contribution is -2.54. The molecule has 0 unspecified atom stereocenters. The third kappa shape index (κ3) is 1.50. The van der Waals surface area contributed by atoms with Crippen LogP contribution in [-0.2, 0) is 6.54 Å². The molecule has 0 saturated carbocycles. The van der Waals surface area contributed by atoms with Crippen LogP contribution in [0.4, 0.5) is 0 Å². The lowest BCUT2D eigenvalue weighted by Gasteiger charge is -2.50. The highest BCUT2D eigenvalue weighted by Crippen LogP contribution is 2.41. The summed E-state index contributed by atoms with van der Waals surface area (Å²) in [6, 6.07) is 6.54. The second-order valence-corrected chi connectivity index (χ2v) is 6.15. The third-order valence-corrected chi connectivity index (χ3v) is 5.17. The fourth-order valence-corrected chi connectivity index (χ4v) is 4.39. The quantitative estimate of drug-likeness (QED) is 0.695. The van der Waals surface area contributed by atoms with Gasteiger partial charge in [-0.3, -0.25) is 9.69 Å². The zero-order valence-electron chi connectivity index (χ0n) is 10.7. The Labute approximate surface area is 107 Å². The van der Waals surface area contributed by atoms with Gasteiger partial charge in [-0.2, -0.15) is 0 Å². The van der Waals surface area contributed by atoms with E-state index in [1.165, 1.54) is 44.5 Å². The summed E-state index contributed by atoms with van der Waals surface area (Å²) in [7, 11) is 0. The van der Waals surface area contributed by atoms with Gasteiger partial charge in [-0.25, -0.2) is 0 Å². The Kier molecular flexibility index (Phi) is 2.37. The first kappa shape index (κ1) is 10.8. The van der Waals surface area contributed by atoms with Gasteiger partial charge in [-0.15, -0.1) is 0 Å². The van der Waals surface area contributed by atoms with E-state index in [1.54, 1.807) is 6.07 Å². The van der Waals surface area contributed by atoms with Crippen LogP contribution in [0.2, 0.25) is 0 Å². The number of pyridine rings is 1. The summed E-state index contributed by atoms with van der Waals surface area (Å²) in [5.74, 6) is 1.30. The minimum absolute atomic E-state index is 0.200. The first-order valence-corrected chi connectivity index (χ1v) is 7.27. The highest BCUT2D eigenvalue weighted by Gasteiger charge is 2.41. The number of rotatable bonds is 0. The fourth-order valence-electron chi connectivity index (χ4n) is 4.39. The Morgan fingerprint density at radius 2 is 2.11 bits per heavy atom. The molecule has 3 aliphatic heterocycles. The van der Waals surface area contributed by atoms with Crippen LogP contribution in [0, 0.1) is 5.92 Å². The monoisotopic (exact) mass is 244 g/mol. The van der Waals surface area contributed by atoms with Crippen molar-refractivity contribution in [3.63, 3.8) is 0 Å². The number of hydrogen-bond donors (Lipinski definition) is 0. The van der Waals surface area contributed by atoms with E-state index in [0.717, 1.165) is 12.6 Å². The average Bonchev–Trinajstić information content (AvgIpc) is 2.40. The van der Waals surface area contributed by atoms with Crippen LogP contribution in [0.3, 0.4) is 0 Å². The molecule has 4 rings (SSSR count). The molecule has 2 saturated heterocycles. The van der Waals surface area contributed by atoms with E-state index < -0.39 is 0 Å². The number of hydrogen-bond acceptors (Lipinski definition) is 2. The Morgan fingerprint density at radius 1 is 1.17 bits per heavy atom. The summed E-state index contributed by atoms with van der Waals surface area (Å²) in [5.41, 5.74) is 1.48. The number of aromatic nitrogens is 1. The van der Waals surface area contributed by atoms with Gasteiger partial charge < -0.3 is 4.57 Å². The van der Waals surface area contributed by atoms with E-state index in [1.807, 2.05) is 10.6 Å². The molecule has 0 radical (unpaired) electrons. The molecule has 0 aromatic carbocycles. The minimum atomic E-state index is 0.200. The molecular weight excluding hydrogens is 224 g/mol. The first-order chi connectivity index (χ1) is 8.83. The van der Waals surface area contributed by atoms with Crippen molar-refractivity contribution in [2.24, 2.45) is 5.92 Å². The molecule has 18 heavy (non-hydrogen) atoms. The van der Waals surface area contributed by atoms with Crippen LogP contribution in [0.5, 0.6) is 0 Å². The molecule has 1 aromatic heterocycles. The number of piperidine rings is 2. The summed E-state index contributed by atoms with van der Waals surface area (Å²) in [6.07, 6.45) is 5.37. The van der Waals surface area contributed by atoms with E-state index in [0.29, 0.717) is 11.8 Å². The zero-order valence-corrected chi connectivity index (χ0v) is 10.7. The lowest BCUT2D eigenvalue weighted by atomic mass is 9.75. The van der Waals surface area contributed by atoms with Gasteiger partial charge in [0.25, 0.3) is 5.56 Å². The van der Waals surface area contributed by atoms with Gasteiger partial charge in [0.2, 0.25) is 0 Å². The SMILES string of the molecule is O=c1cccc2n1C[C@H]1C[C@@H]2CN2CCCC[C@H]12. The summed E-state index contributed by atoms with van der Waals surface area (Å²) < 4.78 is 2.05. The molecule has 3 aliphatic rings. The molecule has 0 amide bonds. The third-order valence-electron chi connectivity index (χ3n) is 5.17. The summed E-state index contributed by atoms with van der Waals surface area (Å²) >= 11 is 0. The molecule has 4 heterocycles. The number of fused-ring (bicyclic) bond motifs is 6. The molecule has 0 spiro atoms. The lowest BCUT2D eigenvalue weighted by molar-refractivity contribution is 0.0248. The van der Waals surface area contributed by atoms with Crippen molar-refractivity contribution in [1.82, 2.24) is 9.47 Å². The van der Waals surface area contributed by atoms with Crippen molar-refractivity contribution < 1.29 is 0 Å². The van der Waals surface area contributed by atoms with Gasteiger partial charge in [0, 0.05) is 36.8 Å². The van der Waals surface area contributed by atoms with Crippen LogP contribution >= 0.6 is 0 Å². The summed E-state index contributed by atoms with van der Waals surface area (Å²) in [5, 5.41) is 0. The van der Waals surface area contributed by atoms with Crippen molar-refractivity contribution >= 4 is 0 Å². The van der Waals surface area contributed by atoms with Gasteiger partial charge in [-0.05, 0) is 37.8 Å². The van der Waals surface area contributed by atoms with Crippen LogP contribution in [0.25, 0.3) is 0 Å². The maximum absolute atomic E-state index is 12.0. The van der Waals surface area contributed by atoms with Crippen LogP contribution in [-0.4, -0.2) is 28.6 Å². The minimum Gasteiger partial charge on any atom is -0.312 e. The Morgan fingerprint density at radius 3 is 3.06 bits per heavy atom. The van der Waals surface area contributed by atoms with E-state index in [4.69, 9.17) is 0 Å². The van der Waals surface area contributed by atoms with Crippen LogP contribution in [0.15, 0.2) is 23.0 Å². The smallest absolute Gasteiger partial charge is 0.250 e. The second-order valence-electron chi connectivity index (χ2n) is 6.15. The van der Waals surface area contributed by atoms with Crippen molar-refractivity contribution in [3.8, 4) is 0 Å². The van der Waals surface area contributed by atoms with E-state index in [9.17, 15) is 4.79 Å². The molecule has 0 N–H and O–H groups in total. The fraction of sp³-hybridized carbons (Fsp3) is 0.667. The Balaban J connectivity index is 1.76. The standard InChI is InChI=1S/C15H20N2O/c18-15-6-3-5-14-11-8-12(10-17(14)15)13-4-1-2-7-16(13)9-11/h3,5-6,11-13H,1-2,4,7-10H2/t11-,12-,13-/m1/s1. The van der Waals surface area contributed by atoms with Crippen molar-refractivity contribution in [3.05, 3.63) is 34.2 Å². The largest absolute Gasteiger partial charge is 0.312 e. The zero-order chi connectivity index (χ0) is 12.1. The highest BCUT2D eigenvalue weighted by atomic mass is 16.1. The topological polar surface area (TPSA) is 25.2 Å². The van der Waals surface area contributed by atoms with Gasteiger partial charge in [0.05, 0.1) is 0 Å². The highest BCUT2D eigenvalue weighted by molar-refractivity contribution is 5.18. The Bertz CT molecular complexity index is 521. The Hall–Kier alpha value is -1.09. The van der Waals surface area contributed by atoms with E-state index >= 15 is 0 Å². The predicted molar refractivity (Wildman–Crippen MR) is 70.8 cm³/mol. The van der Waals surface area contributed by atoms with Crippen LogP contribution < -0.4 is 5.56 Å².